The fourth-order valence-electron chi connectivity index (χ4n) is 2.63. The van der Waals surface area contributed by atoms with E-state index in [1.165, 1.54) is 16.4 Å². The lowest BCUT2D eigenvalue weighted by Gasteiger charge is -2.26. The number of hydrogen-bond donors (Lipinski definition) is 0. The molecule has 0 heterocycles. The van der Waals surface area contributed by atoms with Crippen molar-refractivity contribution in [2.24, 2.45) is 0 Å². The number of hydrogen-bond acceptors (Lipinski definition) is 3. The Balaban J connectivity index is 2.40. The van der Waals surface area contributed by atoms with Gasteiger partial charge in [0.2, 0.25) is 15.9 Å². The zero-order chi connectivity index (χ0) is 20.0. The van der Waals surface area contributed by atoms with E-state index < -0.39 is 10.0 Å². The lowest BCUT2D eigenvalue weighted by molar-refractivity contribution is -0.131. The van der Waals surface area contributed by atoms with Crippen LogP contribution in [0.5, 0.6) is 0 Å². The maximum absolute atomic E-state index is 13.2. The third-order valence-corrected chi connectivity index (χ3v) is 6.89. The molecule has 0 fully saturated rings. The number of amides is 1. The quantitative estimate of drug-likeness (QED) is 0.578. The number of sulfonamides is 1. The normalized spacial score (nSPS) is 11.6. The smallest absolute Gasteiger partial charge is 0.243 e. The average Bonchev–Trinajstić information content (AvgIpc) is 2.64. The summed E-state index contributed by atoms with van der Waals surface area (Å²) in [6.07, 6.45) is 0. The number of likely N-dealkylation sites (N-methyl/N-ethyl adjacent to an activating group) is 1. The summed E-state index contributed by atoms with van der Waals surface area (Å²) in [4.78, 5) is 14.3. The first-order valence-electron chi connectivity index (χ1n) is 8.56. The highest BCUT2D eigenvalue weighted by molar-refractivity contribution is 9.10. The van der Waals surface area contributed by atoms with Crippen LogP contribution in [-0.4, -0.2) is 43.2 Å². The fraction of sp³-hybridized carbons (Fsp3) is 0.316. The predicted molar refractivity (Wildman–Crippen MR) is 111 cm³/mol. The summed E-state index contributed by atoms with van der Waals surface area (Å²) in [6, 6.07) is 13.4. The molecule has 0 aromatic heterocycles. The van der Waals surface area contributed by atoms with Crippen LogP contribution in [0.15, 0.2) is 57.9 Å². The number of benzene rings is 2. The molecule has 8 heteroatoms. The minimum Gasteiger partial charge on any atom is -0.342 e. The first-order valence-corrected chi connectivity index (χ1v) is 11.2. The average molecular weight is 474 g/mol. The second-order valence-electron chi connectivity index (χ2n) is 5.88. The van der Waals surface area contributed by atoms with Crippen molar-refractivity contribution in [3.63, 3.8) is 0 Å². The van der Waals surface area contributed by atoms with Crippen LogP contribution < -0.4 is 0 Å². The molecular weight excluding hydrogens is 452 g/mol. The van der Waals surface area contributed by atoms with Crippen molar-refractivity contribution < 1.29 is 13.2 Å². The zero-order valence-corrected chi connectivity index (χ0v) is 18.4. The molecule has 0 radical (unpaired) electrons. The van der Waals surface area contributed by atoms with E-state index in [9.17, 15) is 13.2 Å². The molecule has 2 aromatic carbocycles. The molecule has 1 amide bonds. The van der Waals surface area contributed by atoms with E-state index in [1.807, 2.05) is 13.8 Å². The number of rotatable bonds is 8. The molecule has 0 aliphatic heterocycles. The second-order valence-corrected chi connectivity index (χ2v) is 9.15. The van der Waals surface area contributed by atoms with Crippen molar-refractivity contribution in [3.8, 4) is 0 Å². The molecule has 0 saturated heterocycles. The maximum atomic E-state index is 13.2. The molecular formula is C19H22BrClN2O3S. The highest BCUT2D eigenvalue weighted by Gasteiger charge is 2.28. The largest absolute Gasteiger partial charge is 0.342 e. The van der Waals surface area contributed by atoms with Gasteiger partial charge in [0.15, 0.2) is 0 Å². The van der Waals surface area contributed by atoms with E-state index in [0.29, 0.717) is 23.7 Å². The van der Waals surface area contributed by atoms with Crippen molar-refractivity contribution >= 4 is 43.5 Å². The maximum Gasteiger partial charge on any atom is 0.243 e. The molecule has 0 unspecified atom stereocenters. The third-order valence-electron chi connectivity index (χ3n) is 4.18. The summed E-state index contributed by atoms with van der Waals surface area (Å²) in [5.74, 6) is -0.243. The number of carbonyl (C=O) groups is 1. The number of halogens is 2. The van der Waals surface area contributed by atoms with E-state index in [1.54, 1.807) is 41.3 Å². The van der Waals surface area contributed by atoms with E-state index in [-0.39, 0.29) is 23.9 Å². The molecule has 0 bridgehead atoms. The van der Waals surface area contributed by atoms with Crippen LogP contribution in [0, 0.1) is 0 Å². The summed E-state index contributed by atoms with van der Waals surface area (Å²) in [5.41, 5.74) is 0.646. The highest BCUT2D eigenvalue weighted by Crippen LogP contribution is 2.23. The van der Waals surface area contributed by atoms with Gasteiger partial charge in [0, 0.05) is 29.1 Å². The first kappa shape index (κ1) is 21.9. The Morgan fingerprint density at radius 1 is 1.04 bits per heavy atom. The number of nitrogens with zero attached hydrogens (tertiary/aromatic N) is 2. The van der Waals surface area contributed by atoms with Crippen LogP contribution in [0.25, 0.3) is 0 Å². The topological polar surface area (TPSA) is 57.7 Å². The Morgan fingerprint density at radius 2 is 1.63 bits per heavy atom. The third kappa shape index (κ3) is 5.54. The van der Waals surface area contributed by atoms with Crippen LogP contribution in [0.4, 0.5) is 0 Å². The minimum absolute atomic E-state index is 0.0189. The number of carbonyl (C=O) groups excluding carboxylic acids is 1. The van der Waals surface area contributed by atoms with E-state index in [2.05, 4.69) is 15.9 Å². The van der Waals surface area contributed by atoms with Crippen molar-refractivity contribution in [1.82, 2.24) is 9.21 Å². The van der Waals surface area contributed by atoms with Gasteiger partial charge in [-0.3, -0.25) is 4.79 Å². The molecule has 0 aliphatic carbocycles. The van der Waals surface area contributed by atoms with Gasteiger partial charge < -0.3 is 4.90 Å². The van der Waals surface area contributed by atoms with Crippen molar-refractivity contribution in [2.75, 3.05) is 19.6 Å². The van der Waals surface area contributed by atoms with Crippen molar-refractivity contribution in [3.05, 3.63) is 63.6 Å². The van der Waals surface area contributed by atoms with Crippen molar-refractivity contribution in [2.45, 2.75) is 25.3 Å². The zero-order valence-electron chi connectivity index (χ0n) is 15.2. The van der Waals surface area contributed by atoms with Gasteiger partial charge in [-0.25, -0.2) is 8.42 Å². The molecule has 2 rings (SSSR count). The van der Waals surface area contributed by atoms with Crippen LogP contribution in [0.1, 0.15) is 19.4 Å². The molecule has 2 aromatic rings. The summed E-state index contributed by atoms with van der Waals surface area (Å²) >= 11 is 9.52. The molecule has 146 valence electrons. The summed E-state index contributed by atoms with van der Waals surface area (Å²) in [5, 5.41) is 0.462. The second kappa shape index (κ2) is 9.68. The Labute approximate surface area is 174 Å². The van der Waals surface area contributed by atoms with Gasteiger partial charge >= 0.3 is 0 Å². The van der Waals surface area contributed by atoms with Gasteiger partial charge in [-0.2, -0.15) is 4.31 Å². The van der Waals surface area contributed by atoms with Gasteiger partial charge in [0.25, 0.3) is 0 Å². The summed E-state index contributed by atoms with van der Waals surface area (Å²) < 4.78 is 28.3. The van der Waals surface area contributed by atoms with Crippen molar-refractivity contribution in [1.29, 1.82) is 0 Å². The minimum atomic E-state index is -3.87. The van der Waals surface area contributed by atoms with Crippen LogP contribution in [0.3, 0.4) is 0 Å². The predicted octanol–water partition coefficient (Wildman–Crippen LogP) is 4.16. The first-order chi connectivity index (χ1) is 12.8. The van der Waals surface area contributed by atoms with Gasteiger partial charge in [-0.15, -0.1) is 0 Å². The fourth-order valence-corrected chi connectivity index (χ4v) is 4.45. The lowest BCUT2D eigenvalue weighted by Crippen LogP contribution is -2.42. The Kier molecular flexibility index (Phi) is 7.85. The molecule has 0 N–H and O–H groups in total. The van der Waals surface area contributed by atoms with Gasteiger partial charge in [0.05, 0.1) is 11.4 Å². The van der Waals surface area contributed by atoms with E-state index >= 15 is 0 Å². The van der Waals surface area contributed by atoms with Gasteiger partial charge in [-0.1, -0.05) is 45.7 Å². The monoisotopic (exact) mass is 472 g/mol. The van der Waals surface area contributed by atoms with Crippen LogP contribution in [-0.2, 0) is 21.4 Å². The molecule has 5 nitrogen and oxygen atoms in total. The van der Waals surface area contributed by atoms with Crippen LogP contribution in [0.2, 0.25) is 5.02 Å². The van der Waals surface area contributed by atoms with Gasteiger partial charge in [-0.05, 0) is 49.7 Å². The van der Waals surface area contributed by atoms with E-state index in [4.69, 9.17) is 11.6 Å². The van der Waals surface area contributed by atoms with Crippen LogP contribution >= 0.6 is 27.5 Å². The Hall–Kier alpha value is -1.41. The summed E-state index contributed by atoms with van der Waals surface area (Å²) in [7, 11) is -3.87. The Morgan fingerprint density at radius 3 is 2.19 bits per heavy atom. The van der Waals surface area contributed by atoms with E-state index in [0.717, 1.165) is 4.47 Å². The lowest BCUT2D eigenvalue weighted by atomic mass is 10.2. The summed E-state index contributed by atoms with van der Waals surface area (Å²) in [6.45, 7) is 4.55. The highest BCUT2D eigenvalue weighted by atomic mass is 79.9. The van der Waals surface area contributed by atoms with Gasteiger partial charge in [0.1, 0.15) is 0 Å². The molecule has 0 saturated carbocycles. The molecule has 0 spiro atoms. The Bertz CT molecular complexity index is 884. The SMILES string of the molecule is CCN(CC)C(=O)CN(Cc1ccccc1Cl)S(=O)(=O)c1ccc(Br)cc1. The molecule has 27 heavy (non-hydrogen) atoms. The molecule has 0 atom stereocenters. The standard InChI is InChI=1S/C19H22BrClN2O3S/c1-3-22(4-2)19(24)14-23(13-15-7-5-6-8-18(15)21)27(25,26)17-11-9-16(20)10-12-17/h5-12H,3-4,13-14H2,1-2H3. The molecule has 0 aliphatic rings.